The number of carbonyl (C=O) groups excluding carboxylic acids is 1. The summed E-state index contributed by atoms with van der Waals surface area (Å²) in [7, 11) is 1.87. The van der Waals surface area contributed by atoms with Crippen molar-refractivity contribution in [3.05, 3.63) is 53.9 Å². The van der Waals surface area contributed by atoms with Crippen molar-refractivity contribution in [1.29, 1.82) is 0 Å². The van der Waals surface area contributed by atoms with Crippen molar-refractivity contribution in [2.75, 3.05) is 5.32 Å². The summed E-state index contributed by atoms with van der Waals surface area (Å²) in [6.07, 6.45) is 6.72. The van der Waals surface area contributed by atoms with Gasteiger partial charge in [0.15, 0.2) is 0 Å². The van der Waals surface area contributed by atoms with Crippen LogP contribution in [-0.2, 0) is 13.5 Å². The fraction of sp³-hybridized carbons (Fsp3) is 0.353. The van der Waals surface area contributed by atoms with Crippen LogP contribution in [-0.4, -0.2) is 10.5 Å². The molecule has 2 aromatic rings. The van der Waals surface area contributed by atoms with Crippen molar-refractivity contribution in [3.8, 4) is 0 Å². The normalized spacial score (nSPS) is 10.5. The second-order valence-electron chi connectivity index (χ2n) is 5.11. The number of hydrogen-bond acceptors (Lipinski definition) is 1. The molecule has 0 aliphatic carbocycles. The number of aryl methyl sites for hydroxylation is 2. The highest BCUT2D eigenvalue weighted by Gasteiger charge is 2.08. The SMILES string of the molecule is CCCCCc1ccc(NC(=O)c2cccn2C)cc1. The number of unbranched alkanes of at least 4 members (excludes halogenated alkanes) is 2. The van der Waals surface area contributed by atoms with Crippen molar-refractivity contribution >= 4 is 11.6 Å². The van der Waals surface area contributed by atoms with Gasteiger partial charge in [0.2, 0.25) is 0 Å². The molecule has 20 heavy (non-hydrogen) atoms. The van der Waals surface area contributed by atoms with E-state index in [0.29, 0.717) is 5.69 Å². The van der Waals surface area contributed by atoms with Gasteiger partial charge < -0.3 is 9.88 Å². The van der Waals surface area contributed by atoms with Gasteiger partial charge in [0.25, 0.3) is 5.91 Å². The molecule has 0 spiro atoms. The maximum absolute atomic E-state index is 12.1. The molecular weight excluding hydrogens is 248 g/mol. The number of carbonyl (C=O) groups is 1. The van der Waals surface area contributed by atoms with E-state index < -0.39 is 0 Å². The molecule has 1 aromatic carbocycles. The summed E-state index contributed by atoms with van der Waals surface area (Å²) in [5.41, 5.74) is 2.84. The molecule has 3 heteroatoms. The Morgan fingerprint density at radius 2 is 1.90 bits per heavy atom. The molecule has 0 radical (unpaired) electrons. The predicted molar refractivity (Wildman–Crippen MR) is 83.0 cm³/mol. The Morgan fingerprint density at radius 3 is 2.50 bits per heavy atom. The molecular formula is C17H22N2O. The minimum Gasteiger partial charge on any atom is -0.347 e. The number of nitrogens with zero attached hydrogens (tertiary/aromatic N) is 1. The lowest BCUT2D eigenvalue weighted by Gasteiger charge is -2.07. The van der Waals surface area contributed by atoms with Crippen molar-refractivity contribution in [3.63, 3.8) is 0 Å². The molecule has 0 aliphatic heterocycles. The molecule has 0 fully saturated rings. The Hall–Kier alpha value is -2.03. The molecule has 0 aliphatic rings. The van der Waals surface area contributed by atoms with Gasteiger partial charge in [-0.25, -0.2) is 0 Å². The third-order valence-corrected chi connectivity index (χ3v) is 3.46. The van der Waals surface area contributed by atoms with Crippen molar-refractivity contribution < 1.29 is 4.79 Å². The van der Waals surface area contributed by atoms with Crippen LogP contribution in [0.5, 0.6) is 0 Å². The van der Waals surface area contributed by atoms with E-state index in [9.17, 15) is 4.79 Å². The van der Waals surface area contributed by atoms with Crippen LogP contribution in [0.15, 0.2) is 42.6 Å². The van der Waals surface area contributed by atoms with Crippen LogP contribution in [0.2, 0.25) is 0 Å². The average Bonchev–Trinajstić information content (AvgIpc) is 2.87. The lowest BCUT2D eigenvalue weighted by Crippen LogP contribution is -2.15. The molecule has 3 nitrogen and oxygen atoms in total. The van der Waals surface area contributed by atoms with Crippen LogP contribution in [0.25, 0.3) is 0 Å². The van der Waals surface area contributed by atoms with Crippen molar-refractivity contribution in [2.45, 2.75) is 32.6 Å². The van der Waals surface area contributed by atoms with Crippen LogP contribution < -0.4 is 5.32 Å². The summed E-state index contributed by atoms with van der Waals surface area (Å²) in [5, 5.41) is 2.92. The summed E-state index contributed by atoms with van der Waals surface area (Å²) in [6, 6.07) is 11.8. The van der Waals surface area contributed by atoms with E-state index in [0.717, 1.165) is 12.1 Å². The van der Waals surface area contributed by atoms with E-state index >= 15 is 0 Å². The molecule has 0 bridgehead atoms. The monoisotopic (exact) mass is 270 g/mol. The first kappa shape index (κ1) is 14.4. The Labute approximate surface area is 120 Å². The maximum atomic E-state index is 12.1. The van der Waals surface area contributed by atoms with Gasteiger partial charge in [0.05, 0.1) is 0 Å². The second kappa shape index (κ2) is 6.94. The van der Waals surface area contributed by atoms with Gasteiger partial charge in [-0.2, -0.15) is 0 Å². The van der Waals surface area contributed by atoms with Crippen molar-refractivity contribution in [1.82, 2.24) is 4.57 Å². The fourth-order valence-electron chi connectivity index (χ4n) is 2.23. The highest BCUT2D eigenvalue weighted by atomic mass is 16.1. The molecule has 106 valence electrons. The van der Waals surface area contributed by atoms with E-state index in [1.165, 1.54) is 24.8 Å². The van der Waals surface area contributed by atoms with Crippen LogP contribution in [0.3, 0.4) is 0 Å². The maximum Gasteiger partial charge on any atom is 0.272 e. The minimum absolute atomic E-state index is 0.0729. The standard InChI is InChI=1S/C17H22N2O/c1-3-4-5-7-14-9-11-15(12-10-14)18-17(20)16-8-6-13-19(16)2/h6,8-13H,3-5,7H2,1-2H3,(H,18,20). The largest absolute Gasteiger partial charge is 0.347 e. The van der Waals surface area contributed by atoms with Gasteiger partial charge in [0.1, 0.15) is 5.69 Å². The van der Waals surface area contributed by atoms with E-state index in [-0.39, 0.29) is 5.91 Å². The van der Waals surface area contributed by atoms with Crippen molar-refractivity contribution in [2.24, 2.45) is 7.05 Å². The average molecular weight is 270 g/mol. The molecule has 0 saturated carbocycles. The third kappa shape index (κ3) is 3.73. The van der Waals surface area contributed by atoms with E-state index in [1.54, 1.807) is 0 Å². The van der Waals surface area contributed by atoms with Gasteiger partial charge in [-0.05, 0) is 42.7 Å². The van der Waals surface area contributed by atoms with Gasteiger partial charge in [-0.3, -0.25) is 4.79 Å². The van der Waals surface area contributed by atoms with Gasteiger partial charge in [0, 0.05) is 18.9 Å². The molecule has 0 atom stereocenters. The van der Waals surface area contributed by atoms with Crippen LogP contribution >= 0.6 is 0 Å². The molecule has 1 N–H and O–H groups in total. The molecule has 1 heterocycles. The zero-order valence-electron chi connectivity index (χ0n) is 12.2. The number of rotatable bonds is 6. The molecule has 2 rings (SSSR count). The smallest absolute Gasteiger partial charge is 0.272 e. The number of aromatic nitrogens is 1. The Morgan fingerprint density at radius 1 is 1.15 bits per heavy atom. The van der Waals surface area contributed by atoms with Gasteiger partial charge >= 0.3 is 0 Å². The summed E-state index contributed by atoms with van der Waals surface area (Å²) in [4.78, 5) is 12.1. The second-order valence-corrected chi connectivity index (χ2v) is 5.11. The zero-order chi connectivity index (χ0) is 14.4. The first-order valence-electron chi connectivity index (χ1n) is 7.22. The fourth-order valence-corrected chi connectivity index (χ4v) is 2.23. The molecule has 1 aromatic heterocycles. The number of anilines is 1. The van der Waals surface area contributed by atoms with Gasteiger partial charge in [-0.15, -0.1) is 0 Å². The Kier molecular flexibility index (Phi) is 4.99. The summed E-state index contributed by atoms with van der Waals surface area (Å²) >= 11 is 0. The number of nitrogens with one attached hydrogen (secondary N) is 1. The summed E-state index contributed by atoms with van der Waals surface area (Å²) < 4.78 is 1.81. The first-order chi connectivity index (χ1) is 9.70. The van der Waals surface area contributed by atoms with Crippen LogP contribution in [0.1, 0.15) is 42.2 Å². The quantitative estimate of drug-likeness (QED) is 0.791. The van der Waals surface area contributed by atoms with Crippen LogP contribution in [0.4, 0.5) is 5.69 Å². The predicted octanol–water partition coefficient (Wildman–Crippen LogP) is 4.01. The van der Waals surface area contributed by atoms with Gasteiger partial charge in [-0.1, -0.05) is 31.9 Å². The van der Waals surface area contributed by atoms with E-state index in [4.69, 9.17) is 0 Å². The summed E-state index contributed by atoms with van der Waals surface area (Å²) in [5.74, 6) is -0.0729. The van der Waals surface area contributed by atoms with Crippen LogP contribution in [0, 0.1) is 0 Å². The van der Waals surface area contributed by atoms with E-state index in [1.807, 2.05) is 42.1 Å². The number of benzene rings is 1. The highest BCUT2D eigenvalue weighted by molar-refractivity contribution is 6.03. The molecule has 0 saturated heterocycles. The lowest BCUT2D eigenvalue weighted by molar-refractivity contribution is 0.101. The third-order valence-electron chi connectivity index (χ3n) is 3.46. The first-order valence-corrected chi connectivity index (χ1v) is 7.22. The molecule has 0 unspecified atom stereocenters. The molecule has 1 amide bonds. The Bertz CT molecular complexity index is 555. The highest BCUT2D eigenvalue weighted by Crippen LogP contribution is 2.13. The Balaban J connectivity index is 1.93. The topological polar surface area (TPSA) is 34.0 Å². The lowest BCUT2D eigenvalue weighted by atomic mass is 10.1. The summed E-state index contributed by atoms with van der Waals surface area (Å²) in [6.45, 7) is 2.21. The zero-order valence-corrected chi connectivity index (χ0v) is 12.2. The number of amides is 1. The van der Waals surface area contributed by atoms with E-state index in [2.05, 4.69) is 24.4 Å². The minimum atomic E-state index is -0.0729. The number of hydrogen-bond donors (Lipinski definition) is 1.